The van der Waals surface area contributed by atoms with Gasteiger partial charge in [0.25, 0.3) is 0 Å². The summed E-state index contributed by atoms with van der Waals surface area (Å²) in [5.74, 6) is 5.01. The first-order valence-corrected chi connectivity index (χ1v) is 9.99. The summed E-state index contributed by atoms with van der Waals surface area (Å²) in [7, 11) is 2.42. The molecule has 0 atom stereocenters. The second-order valence-corrected chi connectivity index (χ2v) is 8.48. The van der Waals surface area contributed by atoms with Gasteiger partial charge in [-0.2, -0.15) is 0 Å². The maximum absolute atomic E-state index is 2.62. The van der Waals surface area contributed by atoms with Gasteiger partial charge in [0.2, 0.25) is 0 Å². The number of allylic oxidation sites excluding steroid dienone is 2. The average Bonchev–Trinajstić information content (AvgIpc) is 2.56. The fourth-order valence-corrected chi connectivity index (χ4v) is 5.21. The topological polar surface area (TPSA) is 0 Å². The maximum atomic E-state index is 2.62. The van der Waals surface area contributed by atoms with Gasteiger partial charge in [-0.05, 0) is 62.2 Å². The second-order valence-electron chi connectivity index (χ2n) is 8.48. The molecule has 0 heterocycles. The molecule has 3 aliphatic rings. The van der Waals surface area contributed by atoms with E-state index in [0.29, 0.717) is 0 Å². The standard InChI is InChI=1S/C20H35B/c21-20-14-10-17(11-15-20)7-6-16-8-12-19(13-9-16)18-4-2-1-3-5-18/h6-7,16-20H,1-5,8-15,21H2. The fourth-order valence-electron chi connectivity index (χ4n) is 5.21. The second kappa shape index (κ2) is 7.88. The van der Waals surface area contributed by atoms with E-state index in [9.17, 15) is 0 Å². The Labute approximate surface area is 133 Å². The Balaban J connectivity index is 1.39. The molecule has 0 saturated heterocycles. The quantitative estimate of drug-likeness (QED) is 0.472. The summed E-state index contributed by atoms with van der Waals surface area (Å²) >= 11 is 0. The first-order chi connectivity index (χ1) is 10.3. The first-order valence-electron chi connectivity index (χ1n) is 9.99. The van der Waals surface area contributed by atoms with Crippen molar-refractivity contribution in [1.29, 1.82) is 0 Å². The van der Waals surface area contributed by atoms with E-state index in [4.69, 9.17) is 0 Å². The molecule has 118 valence electrons. The molecule has 0 aromatic carbocycles. The van der Waals surface area contributed by atoms with Gasteiger partial charge in [0.15, 0.2) is 0 Å². The van der Waals surface area contributed by atoms with Gasteiger partial charge in [0.1, 0.15) is 7.85 Å². The van der Waals surface area contributed by atoms with E-state index in [0.717, 1.165) is 29.5 Å². The zero-order valence-corrected chi connectivity index (χ0v) is 14.2. The van der Waals surface area contributed by atoms with Crippen LogP contribution in [0, 0.1) is 23.7 Å². The summed E-state index contributed by atoms with van der Waals surface area (Å²) in [4.78, 5) is 0. The van der Waals surface area contributed by atoms with Crippen LogP contribution in [-0.2, 0) is 0 Å². The molecule has 0 aromatic heterocycles. The Morgan fingerprint density at radius 1 is 0.524 bits per heavy atom. The van der Waals surface area contributed by atoms with Gasteiger partial charge >= 0.3 is 0 Å². The zero-order valence-electron chi connectivity index (χ0n) is 14.2. The van der Waals surface area contributed by atoms with Crippen LogP contribution >= 0.6 is 0 Å². The molecule has 0 N–H and O–H groups in total. The molecule has 0 unspecified atom stereocenters. The molecule has 0 aromatic rings. The summed E-state index contributed by atoms with van der Waals surface area (Å²) in [6.45, 7) is 0. The van der Waals surface area contributed by atoms with Crippen molar-refractivity contribution in [3.8, 4) is 0 Å². The van der Waals surface area contributed by atoms with Crippen LogP contribution in [0.25, 0.3) is 0 Å². The lowest BCUT2D eigenvalue weighted by Gasteiger charge is -2.35. The highest BCUT2D eigenvalue weighted by atomic mass is 14.3. The lowest BCUT2D eigenvalue weighted by Crippen LogP contribution is -2.23. The van der Waals surface area contributed by atoms with Gasteiger partial charge in [-0.3, -0.25) is 0 Å². The van der Waals surface area contributed by atoms with Crippen LogP contribution in [0.15, 0.2) is 12.2 Å². The van der Waals surface area contributed by atoms with Crippen molar-refractivity contribution in [3.05, 3.63) is 12.2 Å². The summed E-state index contributed by atoms with van der Waals surface area (Å²) in [6.07, 6.45) is 24.7. The number of hydrogen-bond acceptors (Lipinski definition) is 0. The normalized spacial score (nSPS) is 39.6. The van der Waals surface area contributed by atoms with Crippen LogP contribution in [0.1, 0.15) is 83.5 Å². The SMILES string of the molecule is BC1CCC(C=CC2CCC(C3CCCCC3)CC2)CC1. The van der Waals surface area contributed by atoms with Crippen LogP contribution in [-0.4, -0.2) is 7.85 Å². The minimum Gasteiger partial charge on any atom is -0.0851 e. The van der Waals surface area contributed by atoms with Crippen LogP contribution in [0.3, 0.4) is 0 Å². The van der Waals surface area contributed by atoms with Gasteiger partial charge in [0, 0.05) is 0 Å². The molecular weight excluding hydrogens is 251 g/mol. The lowest BCUT2D eigenvalue weighted by molar-refractivity contribution is 0.180. The van der Waals surface area contributed by atoms with E-state index in [1.807, 2.05) is 0 Å². The van der Waals surface area contributed by atoms with Crippen molar-refractivity contribution >= 4 is 7.85 Å². The van der Waals surface area contributed by atoms with E-state index >= 15 is 0 Å². The Morgan fingerprint density at radius 3 is 1.57 bits per heavy atom. The monoisotopic (exact) mass is 286 g/mol. The molecule has 0 amide bonds. The Bertz CT molecular complexity index is 313. The molecule has 21 heavy (non-hydrogen) atoms. The van der Waals surface area contributed by atoms with E-state index in [1.54, 1.807) is 12.8 Å². The molecule has 3 aliphatic carbocycles. The molecule has 0 bridgehead atoms. The molecule has 0 aliphatic heterocycles. The summed E-state index contributed by atoms with van der Waals surface area (Å²) in [6, 6.07) is 0. The minimum absolute atomic E-state index is 0.914. The van der Waals surface area contributed by atoms with Crippen molar-refractivity contribution in [2.75, 3.05) is 0 Å². The van der Waals surface area contributed by atoms with Crippen molar-refractivity contribution in [2.45, 2.75) is 89.3 Å². The van der Waals surface area contributed by atoms with Crippen molar-refractivity contribution in [2.24, 2.45) is 23.7 Å². The smallest absolute Gasteiger partial charge is 0.0851 e. The van der Waals surface area contributed by atoms with E-state index < -0.39 is 0 Å². The van der Waals surface area contributed by atoms with Gasteiger partial charge in [0.05, 0.1) is 0 Å². The Hall–Kier alpha value is -0.195. The Kier molecular flexibility index (Phi) is 5.89. The molecule has 0 nitrogen and oxygen atoms in total. The van der Waals surface area contributed by atoms with Crippen LogP contribution in [0.4, 0.5) is 0 Å². The predicted molar refractivity (Wildman–Crippen MR) is 95.4 cm³/mol. The summed E-state index contributed by atoms with van der Waals surface area (Å²) in [5.41, 5.74) is 0. The fraction of sp³-hybridized carbons (Fsp3) is 0.900. The van der Waals surface area contributed by atoms with Crippen molar-refractivity contribution < 1.29 is 0 Å². The molecule has 1 heteroatoms. The van der Waals surface area contributed by atoms with Crippen molar-refractivity contribution in [3.63, 3.8) is 0 Å². The summed E-state index contributed by atoms with van der Waals surface area (Å²) in [5, 5.41) is 0. The Morgan fingerprint density at radius 2 is 1.00 bits per heavy atom. The third-order valence-corrected chi connectivity index (χ3v) is 6.85. The van der Waals surface area contributed by atoms with Crippen LogP contribution in [0.5, 0.6) is 0 Å². The summed E-state index contributed by atoms with van der Waals surface area (Å²) < 4.78 is 0. The average molecular weight is 286 g/mol. The predicted octanol–water partition coefficient (Wildman–Crippen LogP) is 5.54. The van der Waals surface area contributed by atoms with Gasteiger partial charge in [-0.15, -0.1) is 0 Å². The number of hydrogen-bond donors (Lipinski definition) is 0. The first kappa shape index (κ1) is 15.7. The molecule has 3 rings (SSSR count). The van der Waals surface area contributed by atoms with E-state index in [2.05, 4.69) is 20.0 Å². The lowest BCUT2D eigenvalue weighted by atomic mass is 9.70. The highest BCUT2D eigenvalue weighted by molar-refractivity contribution is 6.11. The number of rotatable bonds is 3. The van der Waals surface area contributed by atoms with E-state index in [1.165, 1.54) is 70.6 Å². The molecular formula is C20H35B. The molecule has 0 spiro atoms. The van der Waals surface area contributed by atoms with Crippen molar-refractivity contribution in [1.82, 2.24) is 0 Å². The molecule has 3 fully saturated rings. The molecule has 3 saturated carbocycles. The van der Waals surface area contributed by atoms with Crippen LogP contribution in [0.2, 0.25) is 5.82 Å². The molecule has 0 radical (unpaired) electrons. The van der Waals surface area contributed by atoms with Gasteiger partial charge < -0.3 is 0 Å². The third kappa shape index (κ3) is 4.63. The maximum Gasteiger partial charge on any atom is 0.105 e. The van der Waals surface area contributed by atoms with E-state index in [-0.39, 0.29) is 0 Å². The van der Waals surface area contributed by atoms with Gasteiger partial charge in [-0.25, -0.2) is 0 Å². The van der Waals surface area contributed by atoms with Crippen LogP contribution < -0.4 is 0 Å². The van der Waals surface area contributed by atoms with Gasteiger partial charge in [-0.1, -0.05) is 62.9 Å². The highest BCUT2D eigenvalue weighted by Crippen LogP contribution is 2.40. The largest absolute Gasteiger partial charge is 0.105 e. The highest BCUT2D eigenvalue weighted by Gasteiger charge is 2.27. The minimum atomic E-state index is 0.914. The third-order valence-electron chi connectivity index (χ3n) is 6.85. The zero-order chi connectivity index (χ0) is 14.5.